The second kappa shape index (κ2) is 7.13. The van der Waals surface area contributed by atoms with E-state index in [0.717, 1.165) is 6.42 Å². The van der Waals surface area contributed by atoms with Crippen LogP contribution in [-0.2, 0) is 0 Å². The Kier molecular flexibility index (Phi) is 5.39. The highest BCUT2D eigenvalue weighted by Gasteiger charge is 2.22. The lowest BCUT2D eigenvalue weighted by Gasteiger charge is -2.24. The van der Waals surface area contributed by atoms with Crippen LogP contribution in [0.25, 0.3) is 10.9 Å². The summed E-state index contributed by atoms with van der Waals surface area (Å²) in [5.41, 5.74) is -1.08. The molecule has 0 fully saturated rings. The fourth-order valence-electron chi connectivity index (χ4n) is 2.47. The van der Waals surface area contributed by atoms with Crippen molar-refractivity contribution >= 4 is 16.8 Å². The molecule has 0 aliphatic carbocycles. The minimum absolute atomic E-state index is 0.0774. The molecule has 0 aliphatic heterocycles. The molecule has 24 heavy (non-hydrogen) atoms. The van der Waals surface area contributed by atoms with Gasteiger partial charge in [0.2, 0.25) is 5.56 Å². The molecule has 1 unspecified atom stereocenters. The highest BCUT2D eigenvalue weighted by atomic mass is 19.1. The largest absolute Gasteiger partial charge is 0.388 e. The molecular formula is C18H23FN2O3. The maximum atomic E-state index is 13.3. The second-order valence-corrected chi connectivity index (χ2v) is 6.85. The van der Waals surface area contributed by atoms with Crippen LogP contribution in [-0.4, -0.2) is 28.1 Å². The fourth-order valence-corrected chi connectivity index (χ4v) is 2.47. The van der Waals surface area contributed by atoms with E-state index in [2.05, 4.69) is 24.1 Å². The Morgan fingerprint density at radius 3 is 2.75 bits per heavy atom. The summed E-state index contributed by atoms with van der Waals surface area (Å²) >= 11 is 0. The van der Waals surface area contributed by atoms with Crippen molar-refractivity contribution in [3.05, 3.63) is 46.0 Å². The van der Waals surface area contributed by atoms with Crippen molar-refractivity contribution in [1.29, 1.82) is 0 Å². The number of carbonyl (C=O) groups is 1. The highest BCUT2D eigenvalue weighted by Crippen LogP contribution is 2.18. The van der Waals surface area contributed by atoms with Crippen molar-refractivity contribution in [3.63, 3.8) is 0 Å². The van der Waals surface area contributed by atoms with Crippen molar-refractivity contribution in [1.82, 2.24) is 10.3 Å². The van der Waals surface area contributed by atoms with Gasteiger partial charge in [-0.25, -0.2) is 4.39 Å². The van der Waals surface area contributed by atoms with Gasteiger partial charge in [-0.05, 0) is 43.9 Å². The van der Waals surface area contributed by atoms with Gasteiger partial charge >= 0.3 is 0 Å². The molecule has 3 N–H and O–H groups in total. The zero-order valence-corrected chi connectivity index (χ0v) is 14.1. The van der Waals surface area contributed by atoms with Gasteiger partial charge in [-0.15, -0.1) is 0 Å². The molecule has 5 nitrogen and oxygen atoms in total. The van der Waals surface area contributed by atoms with Gasteiger partial charge in [0.25, 0.3) is 5.91 Å². The molecule has 1 aromatic heterocycles. The third kappa shape index (κ3) is 4.64. The van der Waals surface area contributed by atoms with Gasteiger partial charge in [-0.2, -0.15) is 0 Å². The molecule has 2 rings (SSSR count). The van der Waals surface area contributed by atoms with Crippen molar-refractivity contribution in [2.45, 2.75) is 39.2 Å². The van der Waals surface area contributed by atoms with E-state index in [0.29, 0.717) is 17.7 Å². The number of aromatic nitrogens is 1. The van der Waals surface area contributed by atoms with E-state index in [1.807, 2.05) is 0 Å². The van der Waals surface area contributed by atoms with E-state index >= 15 is 0 Å². The number of H-pyrrole nitrogens is 1. The van der Waals surface area contributed by atoms with E-state index < -0.39 is 22.9 Å². The lowest BCUT2D eigenvalue weighted by Crippen LogP contribution is -2.41. The fraction of sp³-hybridized carbons (Fsp3) is 0.444. The third-order valence-electron chi connectivity index (χ3n) is 3.94. The monoisotopic (exact) mass is 334 g/mol. The SMILES string of the molecule is CC(C)CCC(C)(O)CNC(=O)c1cc(=O)[nH]c2cc(F)ccc12. The van der Waals surface area contributed by atoms with Crippen LogP contribution in [0.2, 0.25) is 0 Å². The molecule has 1 atom stereocenters. The number of hydrogen-bond acceptors (Lipinski definition) is 3. The summed E-state index contributed by atoms with van der Waals surface area (Å²) < 4.78 is 13.3. The number of carbonyl (C=O) groups excluding carboxylic acids is 1. The van der Waals surface area contributed by atoms with Gasteiger partial charge < -0.3 is 15.4 Å². The summed E-state index contributed by atoms with van der Waals surface area (Å²) in [5.74, 6) is -0.506. The van der Waals surface area contributed by atoms with E-state index in [4.69, 9.17) is 0 Å². The Bertz CT molecular complexity index is 796. The van der Waals surface area contributed by atoms with Crippen molar-refractivity contribution in [2.75, 3.05) is 6.54 Å². The van der Waals surface area contributed by atoms with Crippen LogP contribution in [0.1, 0.15) is 44.0 Å². The first-order valence-electron chi connectivity index (χ1n) is 8.01. The average molecular weight is 334 g/mol. The van der Waals surface area contributed by atoms with E-state index in [9.17, 15) is 19.1 Å². The van der Waals surface area contributed by atoms with Crippen molar-refractivity contribution in [2.24, 2.45) is 5.92 Å². The summed E-state index contributed by atoms with van der Waals surface area (Å²) in [6.07, 6.45) is 1.41. The number of pyridine rings is 1. The van der Waals surface area contributed by atoms with Gasteiger partial charge in [0.05, 0.1) is 16.7 Å². The Labute approximate surface area is 139 Å². The lowest BCUT2D eigenvalue weighted by atomic mass is 9.95. The van der Waals surface area contributed by atoms with Crippen LogP contribution in [0.5, 0.6) is 0 Å². The normalized spacial score (nSPS) is 13.9. The molecule has 130 valence electrons. The van der Waals surface area contributed by atoms with Crippen LogP contribution >= 0.6 is 0 Å². The van der Waals surface area contributed by atoms with Crippen LogP contribution in [0, 0.1) is 11.7 Å². The zero-order chi connectivity index (χ0) is 17.9. The van der Waals surface area contributed by atoms with Crippen molar-refractivity contribution < 1.29 is 14.3 Å². The molecule has 1 amide bonds. The summed E-state index contributed by atoms with van der Waals surface area (Å²) in [5, 5.41) is 13.4. The molecule has 0 bridgehead atoms. The summed E-state index contributed by atoms with van der Waals surface area (Å²) in [7, 11) is 0. The molecule has 0 saturated carbocycles. The molecule has 6 heteroatoms. The predicted molar refractivity (Wildman–Crippen MR) is 91.6 cm³/mol. The van der Waals surface area contributed by atoms with Crippen LogP contribution < -0.4 is 10.9 Å². The second-order valence-electron chi connectivity index (χ2n) is 6.85. The molecule has 1 aromatic carbocycles. The number of rotatable bonds is 6. The van der Waals surface area contributed by atoms with Crippen LogP contribution in [0.3, 0.4) is 0 Å². The van der Waals surface area contributed by atoms with Crippen LogP contribution in [0.4, 0.5) is 4.39 Å². The minimum Gasteiger partial charge on any atom is -0.388 e. The number of nitrogens with one attached hydrogen (secondary N) is 2. The Morgan fingerprint density at radius 2 is 2.08 bits per heavy atom. The Hall–Kier alpha value is -2.21. The van der Waals surface area contributed by atoms with Gasteiger partial charge in [-0.3, -0.25) is 9.59 Å². The first kappa shape index (κ1) is 18.1. The number of aromatic amines is 1. The molecule has 1 heterocycles. The number of benzene rings is 1. The first-order chi connectivity index (χ1) is 11.2. The number of amides is 1. The summed E-state index contributed by atoms with van der Waals surface area (Å²) in [6.45, 7) is 5.88. The molecule has 0 spiro atoms. The van der Waals surface area contributed by atoms with E-state index in [-0.39, 0.29) is 17.6 Å². The lowest BCUT2D eigenvalue weighted by molar-refractivity contribution is 0.0429. The maximum absolute atomic E-state index is 13.3. The number of hydrogen-bond donors (Lipinski definition) is 3. The molecule has 0 radical (unpaired) electrons. The van der Waals surface area contributed by atoms with Crippen molar-refractivity contribution in [3.8, 4) is 0 Å². The standard InChI is InChI=1S/C18H23FN2O3/c1-11(2)6-7-18(3,24)10-20-17(23)14-9-16(22)21-15-8-12(19)4-5-13(14)15/h4-5,8-9,11,24H,6-7,10H2,1-3H3,(H,20,23)(H,21,22). The number of halogens is 1. The maximum Gasteiger partial charge on any atom is 0.252 e. The first-order valence-corrected chi connectivity index (χ1v) is 8.01. The van der Waals surface area contributed by atoms with Gasteiger partial charge in [0, 0.05) is 18.0 Å². The molecule has 0 saturated heterocycles. The Morgan fingerprint density at radius 1 is 1.38 bits per heavy atom. The van der Waals surface area contributed by atoms with E-state index in [1.165, 1.54) is 24.3 Å². The molecule has 0 aliphatic rings. The van der Waals surface area contributed by atoms with Gasteiger partial charge in [-0.1, -0.05) is 13.8 Å². The quantitative estimate of drug-likeness (QED) is 0.759. The predicted octanol–water partition coefficient (Wildman–Crippen LogP) is 2.58. The third-order valence-corrected chi connectivity index (χ3v) is 3.94. The topological polar surface area (TPSA) is 82.2 Å². The molecule has 2 aromatic rings. The Balaban J connectivity index is 2.18. The summed E-state index contributed by atoms with van der Waals surface area (Å²) in [4.78, 5) is 26.6. The number of aliphatic hydroxyl groups is 1. The van der Waals surface area contributed by atoms with E-state index in [1.54, 1.807) is 6.92 Å². The molecular weight excluding hydrogens is 311 g/mol. The highest BCUT2D eigenvalue weighted by molar-refractivity contribution is 6.05. The smallest absolute Gasteiger partial charge is 0.252 e. The minimum atomic E-state index is -1.02. The van der Waals surface area contributed by atoms with Crippen LogP contribution in [0.15, 0.2) is 29.1 Å². The zero-order valence-electron chi connectivity index (χ0n) is 14.1. The van der Waals surface area contributed by atoms with Gasteiger partial charge in [0.1, 0.15) is 5.82 Å². The average Bonchev–Trinajstić information content (AvgIpc) is 2.49. The summed E-state index contributed by atoms with van der Waals surface area (Å²) in [6, 6.07) is 5.04. The van der Waals surface area contributed by atoms with Gasteiger partial charge in [0.15, 0.2) is 0 Å². The number of fused-ring (bicyclic) bond motifs is 1.